The molecule has 0 aliphatic heterocycles. The van der Waals surface area contributed by atoms with Crippen LogP contribution in [0.4, 0.5) is 5.69 Å². The molecule has 0 aliphatic carbocycles. The predicted octanol–water partition coefficient (Wildman–Crippen LogP) is 2.18. The summed E-state index contributed by atoms with van der Waals surface area (Å²) in [6, 6.07) is 12.1. The van der Waals surface area contributed by atoms with Crippen LogP contribution in [-0.4, -0.2) is 12.6 Å². The molecule has 1 aromatic rings. The fourth-order valence-electron chi connectivity index (χ4n) is 0.731. The Morgan fingerprint density at radius 3 is 2.85 bits per heavy atom. The molecule has 0 aliphatic rings. The molecule has 0 bridgehead atoms. The topological polar surface area (TPSA) is 36.8 Å². The lowest BCUT2D eigenvalue weighted by Gasteiger charge is -1.87. The summed E-state index contributed by atoms with van der Waals surface area (Å²) in [5.41, 5.74) is 3.55. The summed E-state index contributed by atoms with van der Waals surface area (Å²) in [4.78, 5) is 3.96. The largest absolute Gasteiger partial charge is 0.297 e. The molecule has 0 heterocycles. The quantitative estimate of drug-likeness (QED) is 0.322. The van der Waals surface area contributed by atoms with E-state index in [1.807, 2.05) is 30.3 Å². The van der Waals surface area contributed by atoms with Gasteiger partial charge in [-0.1, -0.05) is 24.3 Å². The normalized spacial score (nSPS) is 8.31. The van der Waals surface area contributed by atoms with Gasteiger partial charge < -0.3 is 0 Å². The average Bonchev–Trinajstić information content (AvgIpc) is 2.19. The molecule has 1 aromatic carbocycles. The molecule has 0 saturated heterocycles. The molecule has 1 N–H and O–H groups in total. The molecular formula is C10H11N3. The second kappa shape index (κ2) is 5.75. The monoisotopic (exact) mass is 173 g/mol. The molecule has 13 heavy (non-hydrogen) atoms. The van der Waals surface area contributed by atoms with Crippen LogP contribution in [0.3, 0.4) is 0 Å². The summed E-state index contributed by atoms with van der Waals surface area (Å²) >= 11 is 0. The van der Waals surface area contributed by atoms with Crippen molar-refractivity contribution in [3.63, 3.8) is 0 Å². The van der Waals surface area contributed by atoms with Gasteiger partial charge in [0.15, 0.2) is 0 Å². The predicted molar refractivity (Wildman–Crippen MR) is 54.2 cm³/mol. The standard InChI is InChI=1S/C10H11N3/c1-2-8-12-13-9-11-10-6-4-3-5-7-10/h2-7,12H,1,8H2. The van der Waals surface area contributed by atoms with Gasteiger partial charge in [-0.05, 0) is 12.1 Å². The van der Waals surface area contributed by atoms with Crippen molar-refractivity contribution in [1.82, 2.24) is 5.43 Å². The summed E-state index contributed by atoms with van der Waals surface area (Å²) in [6.07, 6.45) is 1.72. The Morgan fingerprint density at radius 2 is 2.15 bits per heavy atom. The number of aliphatic imine (C=N–C) groups is 1. The Morgan fingerprint density at radius 1 is 1.38 bits per heavy atom. The van der Waals surface area contributed by atoms with Gasteiger partial charge >= 0.3 is 0 Å². The van der Waals surface area contributed by atoms with Crippen LogP contribution < -0.4 is 5.43 Å². The van der Waals surface area contributed by atoms with Crippen molar-refractivity contribution in [2.75, 3.05) is 6.54 Å². The minimum absolute atomic E-state index is 0.622. The van der Waals surface area contributed by atoms with Crippen LogP contribution in [0, 0.1) is 0 Å². The number of nitrogens with zero attached hydrogens (tertiary/aromatic N) is 2. The van der Waals surface area contributed by atoms with E-state index in [4.69, 9.17) is 0 Å². The molecule has 3 heteroatoms. The van der Waals surface area contributed by atoms with Crippen molar-refractivity contribution in [3.8, 4) is 0 Å². The molecule has 0 spiro atoms. The van der Waals surface area contributed by atoms with Gasteiger partial charge in [0.2, 0.25) is 0 Å². The zero-order valence-electron chi connectivity index (χ0n) is 7.27. The SMILES string of the molecule is C=CCNN=C=Nc1ccccc1. The maximum Gasteiger partial charge on any atom is 0.120 e. The lowest BCUT2D eigenvalue weighted by atomic mass is 10.3. The summed E-state index contributed by atoms with van der Waals surface area (Å²) < 4.78 is 0. The Kier molecular flexibility index (Phi) is 4.08. The summed E-state index contributed by atoms with van der Waals surface area (Å²) in [5.74, 6) is 0. The molecule has 0 saturated carbocycles. The first-order valence-electron chi connectivity index (χ1n) is 3.98. The van der Waals surface area contributed by atoms with Gasteiger partial charge in [0, 0.05) is 0 Å². The Hall–Kier alpha value is -1.86. The van der Waals surface area contributed by atoms with Crippen LogP contribution in [0.2, 0.25) is 0 Å². The van der Waals surface area contributed by atoms with Crippen molar-refractivity contribution in [3.05, 3.63) is 43.0 Å². The lowest BCUT2D eigenvalue weighted by Crippen LogP contribution is -2.02. The van der Waals surface area contributed by atoms with Crippen LogP contribution in [0.5, 0.6) is 0 Å². The zero-order valence-corrected chi connectivity index (χ0v) is 7.27. The van der Waals surface area contributed by atoms with Crippen LogP contribution in [-0.2, 0) is 0 Å². The van der Waals surface area contributed by atoms with Crippen LogP contribution in [0.25, 0.3) is 0 Å². The molecule has 0 radical (unpaired) electrons. The third kappa shape index (κ3) is 3.89. The van der Waals surface area contributed by atoms with E-state index in [0.717, 1.165) is 5.69 Å². The van der Waals surface area contributed by atoms with E-state index < -0.39 is 0 Å². The zero-order chi connectivity index (χ0) is 9.36. The molecule has 0 unspecified atom stereocenters. The van der Waals surface area contributed by atoms with Crippen LogP contribution >= 0.6 is 0 Å². The van der Waals surface area contributed by atoms with E-state index in [9.17, 15) is 0 Å². The van der Waals surface area contributed by atoms with Gasteiger partial charge in [-0.15, -0.1) is 11.7 Å². The highest BCUT2D eigenvalue weighted by molar-refractivity contribution is 5.51. The summed E-state index contributed by atoms with van der Waals surface area (Å²) in [7, 11) is 0. The van der Waals surface area contributed by atoms with Crippen molar-refractivity contribution in [2.45, 2.75) is 0 Å². The summed E-state index contributed by atoms with van der Waals surface area (Å²) in [5, 5.41) is 3.72. The highest BCUT2D eigenvalue weighted by Gasteiger charge is 1.80. The minimum atomic E-state index is 0.622. The summed E-state index contributed by atoms with van der Waals surface area (Å²) in [6.45, 7) is 4.16. The van der Waals surface area contributed by atoms with Crippen LogP contribution in [0.15, 0.2) is 53.1 Å². The van der Waals surface area contributed by atoms with Gasteiger partial charge in [-0.2, -0.15) is 4.99 Å². The first-order valence-corrected chi connectivity index (χ1v) is 3.98. The van der Waals surface area contributed by atoms with E-state index in [-0.39, 0.29) is 0 Å². The Bertz CT molecular complexity index is 310. The van der Waals surface area contributed by atoms with E-state index in [2.05, 4.69) is 28.1 Å². The number of hydrogen-bond donors (Lipinski definition) is 1. The average molecular weight is 173 g/mol. The molecule has 1 rings (SSSR count). The molecule has 0 amide bonds. The van der Waals surface area contributed by atoms with Gasteiger partial charge in [0.1, 0.15) is 6.01 Å². The van der Waals surface area contributed by atoms with Gasteiger partial charge in [0.25, 0.3) is 0 Å². The minimum Gasteiger partial charge on any atom is -0.297 e. The number of hydrogen-bond acceptors (Lipinski definition) is 3. The maximum atomic E-state index is 3.96. The van der Waals surface area contributed by atoms with Crippen molar-refractivity contribution >= 4 is 11.7 Å². The Balaban J connectivity index is 2.48. The molecular weight excluding hydrogens is 162 g/mol. The van der Waals surface area contributed by atoms with Crippen LogP contribution in [0.1, 0.15) is 0 Å². The third-order valence-electron chi connectivity index (χ3n) is 1.30. The number of rotatable bonds is 4. The van der Waals surface area contributed by atoms with Crippen molar-refractivity contribution < 1.29 is 0 Å². The number of para-hydroxylation sites is 1. The smallest absolute Gasteiger partial charge is 0.120 e. The molecule has 0 atom stereocenters. The fourth-order valence-corrected chi connectivity index (χ4v) is 0.731. The highest BCUT2D eigenvalue weighted by atomic mass is 15.3. The second-order valence-electron chi connectivity index (χ2n) is 2.31. The van der Waals surface area contributed by atoms with Gasteiger partial charge in [-0.3, -0.25) is 5.43 Å². The number of nitrogens with one attached hydrogen (secondary N) is 1. The third-order valence-corrected chi connectivity index (χ3v) is 1.30. The maximum absolute atomic E-state index is 3.96. The van der Waals surface area contributed by atoms with Crippen molar-refractivity contribution in [2.24, 2.45) is 10.1 Å². The Labute approximate surface area is 77.5 Å². The number of benzene rings is 1. The molecule has 3 nitrogen and oxygen atoms in total. The van der Waals surface area contributed by atoms with Crippen molar-refractivity contribution in [1.29, 1.82) is 0 Å². The second-order valence-corrected chi connectivity index (χ2v) is 2.31. The fraction of sp³-hybridized carbons (Fsp3) is 0.100. The first-order chi connectivity index (χ1) is 6.43. The number of hydrazone groups is 1. The van der Waals surface area contributed by atoms with E-state index in [1.165, 1.54) is 0 Å². The van der Waals surface area contributed by atoms with Gasteiger partial charge in [0.05, 0.1) is 12.2 Å². The molecule has 0 aromatic heterocycles. The molecule has 66 valence electrons. The van der Waals surface area contributed by atoms with E-state index in [1.54, 1.807) is 6.08 Å². The van der Waals surface area contributed by atoms with E-state index >= 15 is 0 Å². The van der Waals surface area contributed by atoms with Gasteiger partial charge in [-0.25, -0.2) is 0 Å². The van der Waals surface area contributed by atoms with E-state index in [0.29, 0.717) is 6.54 Å². The first kappa shape index (κ1) is 9.23. The highest BCUT2D eigenvalue weighted by Crippen LogP contribution is 2.07. The molecule has 0 fully saturated rings. The lowest BCUT2D eigenvalue weighted by molar-refractivity contribution is 0.832.